The molecule has 0 spiro atoms. The summed E-state index contributed by atoms with van der Waals surface area (Å²) in [6.45, 7) is 9.39. The van der Waals surface area contributed by atoms with Gasteiger partial charge in [-0.05, 0) is 93.8 Å². The van der Waals surface area contributed by atoms with Crippen LogP contribution in [0.3, 0.4) is 0 Å². The number of aliphatic carboxylic acids is 1. The smallest absolute Gasteiger partial charge is 0.490 e. The number of ether oxygens (including phenoxy) is 1. The van der Waals surface area contributed by atoms with Crippen LogP contribution in [0.4, 0.5) is 4.39 Å². The number of allylic oxidation sites excluding steroid dienone is 1. The van der Waals surface area contributed by atoms with E-state index >= 15 is 4.39 Å². The van der Waals surface area contributed by atoms with Gasteiger partial charge < -0.3 is 24.3 Å². The number of hydrogen-bond acceptors (Lipinski definition) is 5. The fourth-order valence-electron chi connectivity index (χ4n) is 4.37. The van der Waals surface area contributed by atoms with Crippen LogP contribution in [0.2, 0.25) is 0 Å². The molecule has 0 aliphatic carbocycles. The molecule has 0 unspecified atom stereocenters. The summed E-state index contributed by atoms with van der Waals surface area (Å²) in [6.07, 6.45) is 5.86. The van der Waals surface area contributed by atoms with E-state index in [1.807, 2.05) is 24.6 Å². The van der Waals surface area contributed by atoms with Crippen molar-refractivity contribution in [1.29, 1.82) is 0 Å². The largest absolute Gasteiger partial charge is 1.00 e. The standard InChI is InChI=1S/C24H22FN2O4.C4H10O.K/c1-13-16-7-5-9-31-23(16)20(25)11-17(13)22-18(12-21(29)30)14(2)26-24-19(22)10-15(27(24)3)6-4-8-28;1-4(2,3)5;/h4,6,10-11H,5,7,9,12H2,1-3H3,(H,29,30);5H,1-3H3;/q-1;;+1/b6-4+;;. The van der Waals surface area contributed by atoms with Crippen molar-refractivity contribution in [3.8, 4) is 16.9 Å². The van der Waals surface area contributed by atoms with E-state index < -0.39 is 17.4 Å². The molecule has 4 rings (SSSR count). The molecule has 0 bridgehead atoms. The maximum atomic E-state index is 15.0. The first kappa shape index (κ1) is 31.3. The zero-order valence-corrected chi connectivity index (χ0v) is 25.7. The molecule has 2 aromatic heterocycles. The molecule has 0 fully saturated rings. The first-order valence-electron chi connectivity index (χ1n) is 11.8. The number of carboxylic acid groups (broad SMARTS) is 1. The van der Waals surface area contributed by atoms with E-state index in [4.69, 9.17) is 9.84 Å². The summed E-state index contributed by atoms with van der Waals surface area (Å²) in [6, 6.07) is 3.27. The second kappa shape index (κ2) is 12.8. The van der Waals surface area contributed by atoms with Gasteiger partial charge >= 0.3 is 57.4 Å². The molecular formula is C28H32FKN2O5. The van der Waals surface area contributed by atoms with Crippen molar-refractivity contribution < 1.29 is 80.3 Å². The third-order valence-electron chi connectivity index (χ3n) is 5.88. The second-order valence-corrected chi connectivity index (χ2v) is 9.90. The molecule has 0 atom stereocenters. The van der Waals surface area contributed by atoms with Gasteiger partial charge in [-0.1, -0.05) is 0 Å². The molecule has 37 heavy (non-hydrogen) atoms. The Balaban J connectivity index is 0.000000734. The number of aryl methyl sites for hydroxylation is 2. The molecular weight excluding hydrogens is 502 g/mol. The molecule has 1 aliphatic rings. The Bertz CT molecular complexity index is 1350. The fraction of sp³-hybridized carbons (Fsp3) is 0.393. The third-order valence-corrected chi connectivity index (χ3v) is 5.88. The summed E-state index contributed by atoms with van der Waals surface area (Å²) in [7, 11) is 1.81. The summed E-state index contributed by atoms with van der Waals surface area (Å²) in [5.41, 5.74) is 4.92. The molecule has 3 aromatic rings. The van der Waals surface area contributed by atoms with Crippen molar-refractivity contribution in [2.24, 2.45) is 7.05 Å². The van der Waals surface area contributed by atoms with Crippen molar-refractivity contribution in [3.05, 3.63) is 52.1 Å². The number of carbonyl (C=O) groups excluding carboxylic acids is 1. The van der Waals surface area contributed by atoms with Crippen LogP contribution in [0.5, 0.6) is 5.75 Å². The van der Waals surface area contributed by atoms with Gasteiger partial charge in [0.2, 0.25) is 0 Å². The Morgan fingerprint density at radius 2 is 1.95 bits per heavy atom. The average Bonchev–Trinajstić information content (AvgIpc) is 3.09. The van der Waals surface area contributed by atoms with Crippen LogP contribution in [0.15, 0.2) is 18.2 Å². The van der Waals surface area contributed by atoms with E-state index in [-0.39, 0.29) is 63.6 Å². The van der Waals surface area contributed by atoms with E-state index in [9.17, 15) is 14.7 Å². The Morgan fingerprint density at radius 3 is 2.54 bits per heavy atom. The molecule has 0 amide bonds. The van der Waals surface area contributed by atoms with Gasteiger partial charge in [-0.25, -0.2) is 9.37 Å². The predicted octanol–water partition coefficient (Wildman–Crippen LogP) is 1.85. The number of nitrogens with zero attached hydrogens (tertiary/aromatic N) is 2. The minimum atomic E-state index is -0.989. The van der Waals surface area contributed by atoms with Crippen molar-refractivity contribution in [2.75, 3.05) is 6.61 Å². The number of aromatic nitrogens is 2. The summed E-state index contributed by atoms with van der Waals surface area (Å²) < 4.78 is 22.4. The second-order valence-electron chi connectivity index (χ2n) is 9.90. The minimum absolute atomic E-state index is 0. The molecule has 192 valence electrons. The maximum Gasteiger partial charge on any atom is 1.00 e. The zero-order chi connectivity index (χ0) is 26.8. The van der Waals surface area contributed by atoms with Crippen LogP contribution in [0.1, 0.15) is 55.3 Å². The molecule has 0 saturated carbocycles. The first-order chi connectivity index (χ1) is 16.8. The van der Waals surface area contributed by atoms with Gasteiger partial charge in [0.05, 0.1) is 18.6 Å². The summed E-state index contributed by atoms with van der Waals surface area (Å²) in [4.78, 5) is 27.0. The minimum Gasteiger partial charge on any atom is -0.490 e. The maximum absolute atomic E-state index is 15.0. The zero-order valence-electron chi connectivity index (χ0n) is 22.5. The van der Waals surface area contributed by atoms with Gasteiger partial charge in [-0.3, -0.25) is 4.79 Å². The fourth-order valence-corrected chi connectivity index (χ4v) is 4.37. The summed E-state index contributed by atoms with van der Waals surface area (Å²) in [5, 5.41) is 18.8. The molecule has 1 aromatic carbocycles. The van der Waals surface area contributed by atoms with Crippen molar-refractivity contribution >= 4 is 29.4 Å². The molecule has 9 heteroatoms. The van der Waals surface area contributed by atoms with Crippen LogP contribution in [0, 0.1) is 19.7 Å². The quantitative estimate of drug-likeness (QED) is 0.294. The summed E-state index contributed by atoms with van der Waals surface area (Å²) >= 11 is 0. The Labute approximate surface area is 259 Å². The van der Waals surface area contributed by atoms with Crippen molar-refractivity contribution in [2.45, 2.75) is 59.5 Å². The van der Waals surface area contributed by atoms with E-state index in [2.05, 4.69) is 4.98 Å². The number of fused-ring (bicyclic) bond motifs is 2. The van der Waals surface area contributed by atoms with Crippen LogP contribution < -0.4 is 56.1 Å². The van der Waals surface area contributed by atoms with Crippen LogP contribution in [0.25, 0.3) is 28.2 Å². The molecule has 0 radical (unpaired) electrons. The van der Waals surface area contributed by atoms with Crippen LogP contribution in [-0.2, 0) is 29.5 Å². The molecule has 1 aliphatic heterocycles. The van der Waals surface area contributed by atoms with Gasteiger partial charge in [0.1, 0.15) is 5.65 Å². The summed E-state index contributed by atoms with van der Waals surface area (Å²) in [5.74, 6) is -1.16. The molecule has 2 N–H and O–H groups in total. The third kappa shape index (κ3) is 7.37. The Morgan fingerprint density at radius 1 is 1.30 bits per heavy atom. The topological polar surface area (TPSA) is 102 Å². The number of carboxylic acids is 1. The van der Waals surface area contributed by atoms with Gasteiger partial charge in [0.25, 0.3) is 0 Å². The van der Waals surface area contributed by atoms with Gasteiger partial charge in [-0.2, -0.15) is 12.2 Å². The van der Waals surface area contributed by atoms with Crippen molar-refractivity contribution in [1.82, 2.24) is 9.55 Å². The van der Waals surface area contributed by atoms with E-state index in [0.29, 0.717) is 52.1 Å². The average molecular weight is 535 g/mol. The van der Waals surface area contributed by atoms with Crippen molar-refractivity contribution in [3.63, 3.8) is 0 Å². The number of benzene rings is 1. The van der Waals surface area contributed by atoms with Gasteiger partial charge in [0, 0.05) is 23.7 Å². The SMILES string of the molecule is CC(C)(C)O.Cc1nc2c(cc(/C=C/[C-]=O)n2C)c(-c2cc(F)c3c(c2C)CCCO3)c1CC(=O)O.[K+]. The number of aliphatic hydroxyl groups is 1. The van der Waals surface area contributed by atoms with Crippen LogP contribution in [-0.4, -0.2) is 44.2 Å². The number of hydrogen-bond donors (Lipinski definition) is 2. The van der Waals surface area contributed by atoms with Crippen LogP contribution >= 0.6 is 0 Å². The predicted molar refractivity (Wildman–Crippen MR) is 137 cm³/mol. The number of carbonyl (C=O) groups is 1. The van der Waals surface area contributed by atoms with E-state index in [1.54, 1.807) is 40.1 Å². The normalized spacial score (nSPS) is 12.9. The number of rotatable bonds is 5. The molecule has 7 nitrogen and oxygen atoms in total. The van der Waals surface area contributed by atoms with Gasteiger partial charge in [-0.15, -0.1) is 0 Å². The molecule has 3 heterocycles. The first-order valence-corrected chi connectivity index (χ1v) is 11.8. The van der Waals surface area contributed by atoms with Gasteiger partial charge in [0.15, 0.2) is 11.6 Å². The molecule has 0 saturated heterocycles. The number of pyridine rings is 1. The Hall–Kier alpha value is -1.88. The van der Waals surface area contributed by atoms with E-state index in [1.165, 1.54) is 12.1 Å². The van der Waals surface area contributed by atoms with E-state index in [0.717, 1.165) is 17.5 Å². The Kier molecular flexibility index (Phi) is 10.8. The number of halogens is 1. The monoisotopic (exact) mass is 534 g/mol.